The second kappa shape index (κ2) is 8.75. The summed E-state index contributed by atoms with van der Waals surface area (Å²) in [6, 6.07) is 9.84. The number of aryl methyl sites for hydroxylation is 1. The molecule has 0 fully saturated rings. The van der Waals surface area contributed by atoms with Crippen LogP contribution in [0.3, 0.4) is 0 Å². The van der Waals surface area contributed by atoms with Crippen LogP contribution in [0.5, 0.6) is 0 Å². The smallest absolute Gasteiger partial charge is 0.267 e. The fourth-order valence-corrected chi connectivity index (χ4v) is 5.10. The molecule has 1 aliphatic rings. The van der Waals surface area contributed by atoms with Crippen molar-refractivity contribution in [1.82, 2.24) is 4.31 Å². The summed E-state index contributed by atoms with van der Waals surface area (Å²) < 4.78 is 27.7. The van der Waals surface area contributed by atoms with Crippen LogP contribution in [0.1, 0.15) is 31.4 Å². The number of amidine groups is 1. The maximum absolute atomic E-state index is 13.3. The van der Waals surface area contributed by atoms with Crippen LogP contribution in [0.2, 0.25) is 5.02 Å². The number of sulfonamides is 1. The number of hydrogen-bond acceptors (Lipinski definition) is 5. The predicted octanol–water partition coefficient (Wildman–Crippen LogP) is 3.86. The van der Waals surface area contributed by atoms with Gasteiger partial charge >= 0.3 is 0 Å². The molecule has 1 heterocycles. The molecule has 1 amide bonds. The first kappa shape index (κ1) is 22.3. The van der Waals surface area contributed by atoms with E-state index in [-0.39, 0.29) is 41.9 Å². The lowest BCUT2D eigenvalue weighted by molar-refractivity contribution is -0.115. The summed E-state index contributed by atoms with van der Waals surface area (Å²) in [5.41, 5.74) is 2.13. The molecule has 0 aliphatic carbocycles. The third-order valence-corrected chi connectivity index (χ3v) is 6.71. The molecule has 9 heteroatoms. The van der Waals surface area contributed by atoms with Crippen molar-refractivity contribution >= 4 is 44.7 Å². The lowest BCUT2D eigenvalue weighted by Crippen LogP contribution is -2.42. The van der Waals surface area contributed by atoms with Crippen LogP contribution in [0.4, 0.5) is 11.4 Å². The van der Waals surface area contributed by atoms with Gasteiger partial charge in [-0.1, -0.05) is 37.6 Å². The van der Waals surface area contributed by atoms with Crippen molar-refractivity contribution in [3.8, 4) is 0 Å². The maximum atomic E-state index is 13.3. The summed E-state index contributed by atoms with van der Waals surface area (Å²) in [5, 5.41) is 12.5. The summed E-state index contributed by atoms with van der Waals surface area (Å²) in [4.78, 5) is 17.2. The lowest BCUT2D eigenvalue weighted by atomic mass is 10.2. The zero-order valence-corrected chi connectivity index (χ0v) is 18.6. The Labute approximate surface area is 181 Å². The second-order valence-corrected chi connectivity index (χ2v) is 9.86. The van der Waals surface area contributed by atoms with Crippen LogP contribution >= 0.6 is 11.6 Å². The standard InChI is InChI=1S/C21H24ClN3O4S/c1-13(2)11-25-20(10-21(27)24-18-8-14(3)4-6-16(18)22)23-17-7-5-15(12-26)9-19(17)30(25,28)29/h4-9,13,26H,10-12H2,1-3H3,(H,24,27). The van der Waals surface area contributed by atoms with Crippen molar-refractivity contribution in [1.29, 1.82) is 0 Å². The number of carbonyl (C=O) groups is 1. The zero-order chi connectivity index (χ0) is 22.1. The molecule has 2 N–H and O–H groups in total. The van der Waals surface area contributed by atoms with E-state index < -0.39 is 15.9 Å². The minimum absolute atomic E-state index is 0.0156. The van der Waals surface area contributed by atoms with E-state index in [0.717, 1.165) is 5.56 Å². The van der Waals surface area contributed by atoms with Crippen LogP contribution < -0.4 is 5.32 Å². The molecular formula is C21H24ClN3O4S. The van der Waals surface area contributed by atoms with E-state index in [2.05, 4.69) is 10.3 Å². The number of hydrogen-bond donors (Lipinski definition) is 2. The number of aliphatic imine (C=N–C) groups is 1. The van der Waals surface area contributed by atoms with Gasteiger partial charge in [-0.2, -0.15) is 0 Å². The van der Waals surface area contributed by atoms with Crippen molar-refractivity contribution in [3.05, 3.63) is 52.5 Å². The minimum atomic E-state index is -3.91. The molecule has 1 aliphatic heterocycles. The highest BCUT2D eigenvalue weighted by atomic mass is 35.5. The van der Waals surface area contributed by atoms with Crippen LogP contribution in [-0.2, 0) is 21.4 Å². The van der Waals surface area contributed by atoms with Gasteiger partial charge in [-0.15, -0.1) is 0 Å². The van der Waals surface area contributed by atoms with E-state index in [1.807, 2.05) is 26.8 Å². The van der Waals surface area contributed by atoms with Gasteiger partial charge in [0.2, 0.25) is 5.91 Å². The Morgan fingerprint density at radius 3 is 2.63 bits per heavy atom. The van der Waals surface area contributed by atoms with Crippen LogP contribution in [-0.4, -0.2) is 36.1 Å². The van der Waals surface area contributed by atoms with Crippen molar-refractivity contribution in [2.24, 2.45) is 10.9 Å². The molecule has 0 aromatic heterocycles. The fraction of sp³-hybridized carbons (Fsp3) is 0.333. The summed E-state index contributed by atoms with van der Waals surface area (Å²) >= 11 is 6.15. The zero-order valence-electron chi connectivity index (χ0n) is 17.0. The monoisotopic (exact) mass is 449 g/mol. The summed E-state index contributed by atoms with van der Waals surface area (Å²) in [7, 11) is -3.91. The fourth-order valence-electron chi connectivity index (χ4n) is 3.14. The predicted molar refractivity (Wildman–Crippen MR) is 118 cm³/mol. The SMILES string of the molecule is Cc1ccc(Cl)c(NC(=O)CC2=Nc3ccc(CO)cc3S(=O)(=O)N2CC(C)C)c1. The molecule has 0 bridgehead atoms. The van der Waals surface area contributed by atoms with Crippen molar-refractivity contribution in [2.45, 2.75) is 38.7 Å². The Hall–Kier alpha value is -2.42. The number of halogens is 1. The number of nitrogens with zero attached hydrogens (tertiary/aromatic N) is 2. The molecular weight excluding hydrogens is 426 g/mol. The molecule has 0 unspecified atom stereocenters. The molecule has 30 heavy (non-hydrogen) atoms. The highest BCUT2D eigenvalue weighted by Gasteiger charge is 2.35. The molecule has 0 saturated carbocycles. The Morgan fingerprint density at radius 1 is 1.23 bits per heavy atom. The van der Waals surface area contributed by atoms with E-state index in [4.69, 9.17) is 11.6 Å². The summed E-state index contributed by atoms with van der Waals surface area (Å²) in [6.07, 6.45) is -0.225. The van der Waals surface area contributed by atoms with Crippen LogP contribution in [0.15, 0.2) is 46.3 Å². The lowest BCUT2D eigenvalue weighted by Gasteiger charge is -2.31. The molecule has 2 aromatic carbocycles. The Morgan fingerprint density at radius 2 is 1.97 bits per heavy atom. The normalized spacial score (nSPS) is 15.0. The molecule has 0 radical (unpaired) electrons. The second-order valence-electron chi connectivity index (χ2n) is 7.63. The van der Waals surface area contributed by atoms with Gasteiger partial charge in [0, 0.05) is 6.54 Å². The van der Waals surface area contributed by atoms with E-state index in [1.54, 1.807) is 24.3 Å². The van der Waals surface area contributed by atoms with Gasteiger partial charge in [-0.3, -0.25) is 9.10 Å². The van der Waals surface area contributed by atoms with Crippen molar-refractivity contribution in [2.75, 3.05) is 11.9 Å². The number of rotatable bonds is 6. The largest absolute Gasteiger partial charge is 0.392 e. The van der Waals surface area contributed by atoms with Gasteiger partial charge < -0.3 is 10.4 Å². The maximum Gasteiger partial charge on any atom is 0.267 e. The third kappa shape index (κ3) is 4.66. The van der Waals surface area contributed by atoms with Gasteiger partial charge in [-0.05, 0) is 48.2 Å². The van der Waals surface area contributed by atoms with Gasteiger partial charge in [0.05, 0.1) is 29.4 Å². The number of benzene rings is 2. The van der Waals surface area contributed by atoms with Crippen molar-refractivity contribution < 1.29 is 18.3 Å². The average Bonchev–Trinajstić information content (AvgIpc) is 2.67. The number of aliphatic hydroxyl groups excluding tert-OH is 1. The van der Waals surface area contributed by atoms with Gasteiger partial charge in [-0.25, -0.2) is 13.4 Å². The third-order valence-electron chi connectivity index (χ3n) is 4.56. The van der Waals surface area contributed by atoms with E-state index in [0.29, 0.717) is 16.3 Å². The summed E-state index contributed by atoms with van der Waals surface area (Å²) in [5.74, 6) is -0.253. The highest BCUT2D eigenvalue weighted by Crippen LogP contribution is 2.34. The summed E-state index contributed by atoms with van der Waals surface area (Å²) in [6.45, 7) is 5.57. The Balaban J connectivity index is 1.96. The average molecular weight is 450 g/mol. The molecule has 0 saturated heterocycles. The number of anilines is 1. The van der Waals surface area contributed by atoms with E-state index in [9.17, 15) is 18.3 Å². The number of carbonyl (C=O) groups excluding carboxylic acids is 1. The Kier molecular flexibility index (Phi) is 6.50. The molecule has 3 rings (SSSR count). The van der Waals surface area contributed by atoms with Gasteiger partial charge in [0.1, 0.15) is 10.7 Å². The first-order valence-corrected chi connectivity index (χ1v) is 11.3. The highest BCUT2D eigenvalue weighted by molar-refractivity contribution is 7.90. The number of aliphatic hydroxyl groups is 1. The van der Waals surface area contributed by atoms with Crippen molar-refractivity contribution in [3.63, 3.8) is 0 Å². The molecule has 160 valence electrons. The molecule has 0 atom stereocenters. The Bertz CT molecular complexity index is 1110. The number of amides is 1. The van der Waals surface area contributed by atoms with Crippen LogP contribution in [0.25, 0.3) is 0 Å². The number of nitrogens with one attached hydrogen (secondary N) is 1. The number of fused-ring (bicyclic) bond motifs is 1. The van der Waals surface area contributed by atoms with Gasteiger partial charge in [0.25, 0.3) is 10.0 Å². The molecule has 0 spiro atoms. The first-order chi connectivity index (χ1) is 14.1. The quantitative estimate of drug-likeness (QED) is 0.699. The topological polar surface area (TPSA) is 99.1 Å². The van der Waals surface area contributed by atoms with E-state index in [1.165, 1.54) is 10.4 Å². The molecule has 7 nitrogen and oxygen atoms in total. The first-order valence-electron chi connectivity index (χ1n) is 9.52. The van der Waals surface area contributed by atoms with Gasteiger partial charge in [0.15, 0.2) is 0 Å². The van der Waals surface area contributed by atoms with E-state index >= 15 is 0 Å². The minimum Gasteiger partial charge on any atom is -0.392 e. The van der Waals surface area contributed by atoms with Crippen LogP contribution in [0, 0.1) is 12.8 Å². The molecule has 2 aromatic rings.